The minimum atomic E-state index is 1.17. The van der Waals surface area contributed by atoms with Crippen molar-refractivity contribution in [3.05, 3.63) is 5.17 Å². The summed E-state index contributed by atoms with van der Waals surface area (Å²) >= 11 is 7.01. The largest absolute Gasteiger partial charge is 0.0608 e. The highest BCUT2D eigenvalue weighted by Crippen LogP contribution is 2.26. The molecule has 0 unspecified atom stereocenters. The van der Waals surface area contributed by atoms with Crippen LogP contribution in [0.5, 0.6) is 0 Å². The zero-order valence-corrected chi connectivity index (χ0v) is 10.3. The topological polar surface area (TPSA) is 0 Å². The molecule has 0 saturated heterocycles. The molecule has 7 heavy (non-hydrogen) atoms. The Balaban J connectivity index is 3.72. The Morgan fingerprint density at radius 3 is 1.71 bits per heavy atom. The summed E-state index contributed by atoms with van der Waals surface area (Å²) < 4.78 is 2.84. The predicted octanol–water partition coefficient (Wildman–Crippen LogP) is 3.87. The van der Waals surface area contributed by atoms with Gasteiger partial charge in [0.05, 0.1) is 1.59 Å². The van der Waals surface area contributed by atoms with E-state index in [9.17, 15) is 0 Å². The summed E-state index contributed by atoms with van der Waals surface area (Å²) in [4.78, 5) is 0. The molecule has 3 heteroatoms. The Hall–Kier alpha value is 1.93. The minimum Gasteiger partial charge on any atom is -0.0608 e. The molecular weight excluding hydrogens is 429 g/mol. The van der Waals surface area contributed by atoms with Crippen LogP contribution in [0.15, 0.2) is 5.17 Å². The predicted molar refractivity (Wildman–Crippen MR) is 59.4 cm³/mol. The lowest BCUT2D eigenvalue weighted by Crippen LogP contribution is -1.61. The van der Waals surface area contributed by atoms with Crippen molar-refractivity contribution in [3.8, 4) is 0 Å². The van der Waals surface area contributed by atoms with Gasteiger partial charge in [-0.1, -0.05) is 6.92 Å². The molecular formula is C4H5I3. The van der Waals surface area contributed by atoms with Gasteiger partial charge in [-0.05, 0) is 74.2 Å². The molecule has 0 aliphatic rings. The van der Waals surface area contributed by atoms with Crippen LogP contribution in [0.2, 0.25) is 0 Å². The number of allylic oxidation sites excluding steroid dienone is 1. The first-order valence-corrected chi connectivity index (χ1v) is 5.11. The molecule has 42 valence electrons. The van der Waals surface area contributed by atoms with Crippen LogP contribution in [-0.4, -0.2) is 0 Å². The van der Waals surface area contributed by atoms with Crippen LogP contribution in [-0.2, 0) is 0 Å². The number of halogens is 3. The number of hydrogen-bond donors (Lipinski definition) is 0. The average Bonchev–Trinajstić information content (AvgIpc) is 1.65. The maximum atomic E-state index is 2.36. The summed E-state index contributed by atoms with van der Waals surface area (Å²) in [6.45, 7) is 2.17. The Bertz CT molecular complexity index is 80.9. The fourth-order valence-corrected chi connectivity index (χ4v) is 0.896. The first-order valence-electron chi connectivity index (χ1n) is 1.88. The molecule has 0 heterocycles. The van der Waals surface area contributed by atoms with Gasteiger partial charge in [-0.15, -0.1) is 0 Å². The zero-order valence-electron chi connectivity index (χ0n) is 3.84. The third-order valence-electron chi connectivity index (χ3n) is 0.515. The van der Waals surface area contributed by atoms with E-state index in [4.69, 9.17) is 0 Å². The second-order valence-electron chi connectivity index (χ2n) is 1.02. The number of rotatable bonds is 1. The Morgan fingerprint density at radius 1 is 1.29 bits per heavy atom. The summed E-state index contributed by atoms with van der Waals surface area (Å²) in [7, 11) is 0. The van der Waals surface area contributed by atoms with Crippen molar-refractivity contribution in [2.24, 2.45) is 0 Å². The molecule has 0 aromatic heterocycles. The van der Waals surface area contributed by atoms with Crippen LogP contribution >= 0.6 is 67.8 Å². The summed E-state index contributed by atoms with van der Waals surface area (Å²) in [5.41, 5.74) is 0. The van der Waals surface area contributed by atoms with E-state index < -0.39 is 0 Å². The van der Waals surface area contributed by atoms with Gasteiger partial charge in [-0.3, -0.25) is 0 Å². The van der Waals surface area contributed by atoms with Crippen LogP contribution < -0.4 is 0 Å². The van der Waals surface area contributed by atoms with E-state index in [0.29, 0.717) is 0 Å². The molecule has 0 saturated carbocycles. The van der Waals surface area contributed by atoms with Gasteiger partial charge < -0.3 is 0 Å². The molecule has 0 rings (SSSR count). The Kier molecular flexibility index (Phi) is 6.09. The molecule has 0 fully saturated rings. The van der Waals surface area contributed by atoms with E-state index in [1.807, 2.05) is 0 Å². The molecule has 0 atom stereocenters. The first-order chi connectivity index (χ1) is 3.18. The number of hydrogen-bond acceptors (Lipinski definition) is 0. The normalized spacial score (nSPS) is 8.57. The molecule has 0 aliphatic heterocycles. The van der Waals surface area contributed by atoms with Crippen molar-refractivity contribution < 1.29 is 0 Å². The second-order valence-corrected chi connectivity index (χ2v) is 6.54. The van der Waals surface area contributed by atoms with Gasteiger partial charge in [0, 0.05) is 3.58 Å². The van der Waals surface area contributed by atoms with Crippen LogP contribution in [0.4, 0.5) is 0 Å². The zero-order chi connectivity index (χ0) is 5.86. The molecule has 0 aromatic rings. The highest BCUT2D eigenvalue weighted by molar-refractivity contribution is 14.2. The van der Waals surface area contributed by atoms with Crippen LogP contribution in [0, 0.1) is 0 Å². The molecule has 0 amide bonds. The lowest BCUT2D eigenvalue weighted by atomic mass is 10.5. The van der Waals surface area contributed by atoms with Crippen molar-refractivity contribution in [2.75, 3.05) is 0 Å². The average molecular weight is 434 g/mol. The molecule has 0 aliphatic carbocycles. The van der Waals surface area contributed by atoms with Gasteiger partial charge in [-0.25, -0.2) is 0 Å². The molecule has 0 radical (unpaired) electrons. The SMILES string of the molecule is CCC(I)=C(I)I. The Labute approximate surface area is 84.9 Å². The van der Waals surface area contributed by atoms with Crippen molar-refractivity contribution in [1.82, 2.24) is 0 Å². The van der Waals surface area contributed by atoms with Crippen molar-refractivity contribution in [1.29, 1.82) is 0 Å². The van der Waals surface area contributed by atoms with E-state index in [1.54, 1.807) is 0 Å². The summed E-state index contributed by atoms with van der Waals surface area (Å²) in [5, 5.41) is 0. The van der Waals surface area contributed by atoms with Crippen LogP contribution in [0.1, 0.15) is 13.3 Å². The maximum Gasteiger partial charge on any atom is 0.0606 e. The highest BCUT2D eigenvalue weighted by Gasteiger charge is 1.89. The van der Waals surface area contributed by atoms with Crippen LogP contribution in [0.3, 0.4) is 0 Å². The van der Waals surface area contributed by atoms with Crippen LogP contribution in [0.25, 0.3) is 0 Å². The third kappa shape index (κ3) is 4.43. The van der Waals surface area contributed by atoms with Gasteiger partial charge in [0.15, 0.2) is 0 Å². The monoisotopic (exact) mass is 434 g/mol. The van der Waals surface area contributed by atoms with Crippen molar-refractivity contribution >= 4 is 67.8 Å². The summed E-state index contributed by atoms with van der Waals surface area (Å²) in [6.07, 6.45) is 1.17. The smallest absolute Gasteiger partial charge is 0.0606 e. The maximum absolute atomic E-state index is 2.36. The molecule has 0 aromatic carbocycles. The lowest BCUT2D eigenvalue weighted by Gasteiger charge is -1.88. The fourth-order valence-electron chi connectivity index (χ4n) is 0.134. The van der Waals surface area contributed by atoms with E-state index >= 15 is 0 Å². The first kappa shape index (κ1) is 8.93. The van der Waals surface area contributed by atoms with E-state index in [2.05, 4.69) is 74.7 Å². The molecule has 0 nitrogen and oxygen atoms in total. The standard InChI is InChI=1S/C4H5I3/c1-2-3(5)4(6)7/h2H2,1H3. The van der Waals surface area contributed by atoms with Crippen molar-refractivity contribution in [3.63, 3.8) is 0 Å². The highest BCUT2D eigenvalue weighted by atomic mass is 127. The van der Waals surface area contributed by atoms with Gasteiger partial charge in [0.2, 0.25) is 0 Å². The van der Waals surface area contributed by atoms with Crippen molar-refractivity contribution in [2.45, 2.75) is 13.3 Å². The van der Waals surface area contributed by atoms with E-state index in [1.165, 1.54) is 11.6 Å². The Morgan fingerprint density at radius 2 is 1.71 bits per heavy atom. The fraction of sp³-hybridized carbons (Fsp3) is 0.500. The van der Waals surface area contributed by atoms with E-state index in [0.717, 1.165) is 0 Å². The third-order valence-corrected chi connectivity index (χ3v) is 5.18. The molecule has 0 N–H and O–H groups in total. The van der Waals surface area contributed by atoms with Gasteiger partial charge in [0.25, 0.3) is 0 Å². The second kappa shape index (κ2) is 4.78. The minimum absolute atomic E-state index is 1.17. The summed E-state index contributed by atoms with van der Waals surface area (Å²) in [6, 6.07) is 0. The molecule has 0 spiro atoms. The quantitative estimate of drug-likeness (QED) is 0.551. The lowest BCUT2D eigenvalue weighted by molar-refractivity contribution is 1.22. The van der Waals surface area contributed by atoms with Gasteiger partial charge in [0.1, 0.15) is 0 Å². The molecule has 0 bridgehead atoms. The van der Waals surface area contributed by atoms with E-state index in [-0.39, 0.29) is 0 Å². The van der Waals surface area contributed by atoms with Gasteiger partial charge in [-0.2, -0.15) is 0 Å². The van der Waals surface area contributed by atoms with Gasteiger partial charge >= 0.3 is 0 Å². The summed E-state index contributed by atoms with van der Waals surface area (Å²) in [5.74, 6) is 0.